The van der Waals surface area contributed by atoms with Gasteiger partial charge in [-0.1, -0.05) is 24.3 Å². The van der Waals surface area contributed by atoms with Crippen molar-refractivity contribution in [2.24, 2.45) is 5.73 Å². The van der Waals surface area contributed by atoms with Gasteiger partial charge in [0.15, 0.2) is 5.13 Å². The smallest absolute Gasteiger partial charge is 0.187 e. The summed E-state index contributed by atoms with van der Waals surface area (Å²) in [5, 5.41) is 7.68. The summed E-state index contributed by atoms with van der Waals surface area (Å²) in [4.78, 5) is 6.06. The van der Waals surface area contributed by atoms with Crippen molar-refractivity contribution in [1.29, 1.82) is 0 Å². The highest BCUT2D eigenvalue weighted by atomic mass is 32.1. The summed E-state index contributed by atoms with van der Waals surface area (Å²) in [7, 11) is 0. The monoisotopic (exact) mass is 409 g/mol. The van der Waals surface area contributed by atoms with Crippen molar-refractivity contribution in [3.8, 4) is 16.3 Å². The first-order valence-corrected chi connectivity index (χ1v) is 11.0. The highest BCUT2D eigenvalue weighted by Gasteiger charge is 2.14. The van der Waals surface area contributed by atoms with Crippen LogP contribution < -0.4 is 15.8 Å². The van der Waals surface area contributed by atoms with E-state index in [1.165, 1.54) is 20.5 Å². The summed E-state index contributed by atoms with van der Waals surface area (Å²) in [5.41, 5.74) is 10.1. The second-order valence-corrected chi connectivity index (χ2v) is 8.83. The molecule has 0 aliphatic carbocycles. The number of nitrogens with two attached hydrogens (primary N) is 1. The first kappa shape index (κ1) is 18.9. The molecular formula is C22H23N3OS2. The van der Waals surface area contributed by atoms with Gasteiger partial charge in [0.1, 0.15) is 5.75 Å². The maximum atomic E-state index is 5.94. The summed E-state index contributed by atoms with van der Waals surface area (Å²) in [6.07, 6.45) is 0.0948. The molecule has 0 fully saturated rings. The SMILES string of the molecule is Cc1c(-c2csc(Nc3cc(CN)ccc3OC(C)C)n2)sc2ccccc12. The highest BCUT2D eigenvalue weighted by molar-refractivity contribution is 7.23. The molecule has 0 atom stereocenters. The maximum Gasteiger partial charge on any atom is 0.187 e. The molecule has 6 heteroatoms. The molecule has 2 aromatic carbocycles. The molecule has 4 nitrogen and oxygen atoms in total. The lowest BCUT2D eigenvalue weighted by Gasteiger charge is -2.15. The Bertz CT molecular complexity index is 1110. The van der Waals surface area contributed by atoms with Gasteiger partial charge in [0.2, 0.25) is 0 Å². The fourth-order valence-electron chi connectivity index (χ4n) is 3.13. The van der Waals surface area contributed by atoms with Gasteiger partial charge >= 0.3 is 0 Å². The van der Waals surface area contributed by atoms with Gasteiger partial charge in [-0.3, -0.25) is 0 Å². The molecule has 0 aliphatic heterocycles. The molecule has 4 aromatic rings. The van der Waals surface area contributed by atoms with Crippen molar-refractivity contribution in [3.05, 3.63) is 59.0 Å². The van der Waals surface area contributed by atoms with E-state index in [2.05, 4.69) is 41.9 Å². The topological polar surface area (TPSA) is 60.2 Å². The van der Waals surface area contributed by atoms with E-state index in [0.29, 0.717) is 6.54 Å². The third kappa shape index (κ3) is 3.76. The number of nitrogens with zero attached hydrogens (tertiary/aromatic N) is 1. The molecule has 28 heavy (non-hydrogen) atoms. The number of nitrogens with one attached hydrogen (secondary N) is 1. The summed E-state index contributed by atoms with van der Waals surface area (Å²) >= 11 is 3.39. The van der Waals surface area contributed by atoms with Crippen LogP contribution in [0.5, 0.6) is 5.75 Å². The van der Waals surface area contributed by atoms with Crippen LogP contribution in [0.25, 0.3) is 20.7 Å². The predicted octanol–water partition coefficient (Wildman–Crippen LogP) is 6.32. The zero-order valence-corrected chi connectivity index (χ0v) is 17.8. The van der Waals surface area contributed by atoms with Gasteiger partial charge in [-0.25, -0.2) is 4.98 Å². The fraction of sp³-hybridized carbons (Fsp3) is 0.227. The van der Waals surface area contributed by atoms with Gasteiger partial charge in [0, 0.05) is 16.6 Å². The highest BCUT2D eigenvalue weighted by Crippen LogP contribution is 2.40. The average Bonchev–Trinajstić information content (AvgIpc) is 3.27. The second kappa shape index (κ2) is 7.91. The lowest BCUT2D eigenvalue weighted by atomic mass is 10.1. The van der Waals surface area contributed by atoms with Gasteiger partial charge in [0.25, 0.3) is 0 Å². The number of rotatable bonds is 6. The van der Waals surface area contributed by atoms with Crippen LogP contribution in [0, 0.1) is 6.92 Å². The van der Waals surface area contributed by atoms with Crippen LogP contribution in [0.1, 0.15) is 25.0 Å². The van der Waals surface area contributed by atoms with Gasteiger partial charge in [-0.05, 0) is 55.5 Å². The number of ether oxygens (including phenoxy) is 1. The van der Waals surface area contributed by atoms with Crippen LogP contribution in [-0.4, -0.2) is 11.1 Å². The number of aryl methyl sites for hydroxylation is 1. The van der Waals surface area contributed by atoms with E-state index in [9.17, 15) is 0 Å². The molecule has 0 amide bonds. The molecule has 4 rings (SSSR count). The van der Waals surface area contributed by atoms with E-state index >= 15 is 0 Å². The fourth-order valence-corrected chi connectivity index (χ4v) is 5.09. The Balaban J connectivity index is 1.66. The molecule has 0 bridgehead atoms. The van der Waals surface area contributed by atoms with Crippen LogP contribution in [0.2, 0.25) is 0 Å². The molecule has 0 saturated heterocycles. The number of hydrogen-bond acceptors (Lipinski definition) is 6. The molecular weight excluding hydrogens is 386 g/mol. The lowest BCUT2D eigenvalue weighted by Crippen LogP contribution is -2.08. The van der Waals surface area contributed by atoms with Crippen LogP contribution in [-0.2, 0) is 6.54 Å². The Morgan fingerprint density at radius 3 is 2.75 bits per heavy atom. The largest absolute Gasteiger partial charge is 0.489 e. The Hall–Kier alpha value is -2.41. The summed E-state index contributed by atoms with van der Waals surface area (Å²) in [5.74, 6) is 0.807. The number of hydrogen-bond donors (Lipinski definition) is 2. The quantitative estimate of drug-likeness (QED) is 0.391. The van der Waals surface area contributed by atoms with Crippen LogP contribution in [0.4, 0.5) is 10.8 Å². The summed E-state index contributed by atoms with van der Waals surface area (Å²) in [6.45, 7) is 6.69. The third-order valence-electron chi connectivity index (χ3n) is 4.46. The Kier molecular flexibility index (Phi) is 5.35. The van der Waals surface area contributed by atoms with E-state index in [0.717, 1.165) is 27.8 Å². The van der Waals surface area contributed by atoms with Crippen LogP contribution in [0.15, 0.2) is 47.8 Å². The van der Waals surface area contributed by atoms with Gasteiger partial charge in [-0.15, -0.1) is 22.7 Å². The number of aromatic nitrogens is 1. The normalized spacial score (nSPS) is 11.3. The minimum Gasteiger partial charge on any atom is -0.489 e. The molecule has 2 aromatic heterocycles. The molecule has 3 N–H and O–H groups in total. The zero-order valence-electron chi connectivity index (χ0n) is 16.2. The zero-order chi connectivity index (χ0) is 19.7. The van der Waals surface area contributed by atoms with E-state index in [-0.39, 0.29) is 6.10 Å². The number of anilines is 2. The lowest BCUT2D eigenvalue weighted by molar-refractivity contribution is 0.243. The second-order valence-electron chi connectivity index (χ2n) is 6.92. The van der Waals surface area contributed by atoms with E-state index in [1.54, 1.807) is 22.7 Å². The third-order valence-corrected chi connectivity index (χ3v) is 6.52. The number of fused-ring (bicyclic) bond motifs is 1. The van der Waals surface area contributed by atoms with Crippen molar-refractivity contribution in [3.63, 3.8) is 0 Å². The predicted molar refractivity (Wildman–Crippen MR) is 121 cm³/mol. The van der Waals surface area contributed by atoms with Crippen LogP contribution >= 0.6 is 22.7 Å². The Labute approximate surface area is 173 Å². The molecule has 2 heterocycles. The van der Waals surface area contributed by atoms with E-state index in [4.69, 9.17) is 15.5 Å². The number of benzene rings is 2. The minimum atomic E-state index is 0.0948. The van der Waals surface area contributed by atoms with Crippen LogP contribution in [0.3, 0.4) is 0 Å². The van der Waals surface area contributed by atoms with Crippen molar-refractivity contribution in [2.75, 3.05) is 5.32 Å². The molecule has 144 valence electrons. The van der Waals surface area contributed by atoms with Crippen molar-refractivity contribution < 1.29 is 4.74 Å². The van der Waals surface area contributed by atoms with Crippen molar-refractivity contribution >= 4 is 43.6 Å². The first-order chi connectivity index (χ1) is 13.5. The number of thiazole rings is 1. The molecule has 0 saturated carbocycles. The summed E-state index contributed by atoms with van der Waals surface area (Å²) < 4.78 is 7.24. The standard InChI is InChI=1S/C22H23N3OS2/c1-13(2)26-19-9-8-15(11-23)10-17(19)24-22-25-18(12-27-22)21-14(3)16-6-4-5-7-20(16)28-21/h4-10,12-13H,11,23H2,1-3H3,(H,24,25). The van der Waals surface area contributed by atoms with Gasteiger partial charge in [-0.2, -0.15) is 0 Å². The summed E-state index contributed by atoms with van der Waals surface area (Å²) in [6, 6.07) is 14.5. The van der Waals surface area contributed by atoms with E-state index < -0.39 is 0 Å². The molecule has 0 unspecified atom stereocenters. The number of thiophene rings is 1. The van der Waals surface area contributed by atoms with Gasteiger partial charge < -0.3 is 15.8 Å². The van der Waals surface area contributed by atoms with Crippen molar-refractivity contribution in [1.82, 2.24) is 4.98 Å². The Morgan fingerprint density at radius 1 is 1.18 bits per heavy atom. The molecule has 0 radical (unpaired) electrons. The van der Waals surface area contributed by atoms with Gasteiger partial charge in [0.05, 0.1) is 22.4 Å². The average molecular weight is 410 g/mol. The first-order valence-electron chi connectivity index (χ1n) is 9.26. The molecule has 0 spiro atoms. The minimum absolute atomic E-state index is 0.0948. The van der Waals surface area contributed by atoms with Crippen molar-refractivity contribution in [2.45, 2.75) is 33.4 Å². The Morgan fingerprint density at radius 2 is 2.00 bits per heavy atom. The molecule has 0 aliphatic rings. The van der Waals surface area contributed by atoms with E-state index in [1.807, 2.05) is 32.0 Å². The maximum absolute atomic E-state index is 5.94.